The van der Waals surface area contributed by atoms with E-state index >= 15 is 0 Å². The van der Waals surface area contributed by atoms with Gasteiger partial charge < -0.3 is 9.90 Å². The summed E-state index contributed by atoms with van der Waals surface area (Å²) >= 11 is 0. The van der Waals surface area contributed by atoms with Crippen LogP contribution < -0.4 is 5.11 Å². The molecule has 0 N–H and O–H groups in total. The summed E-state index contributed by atoms with van der Waals surface area (Å²) in [7, 11) is 0. The van der Waals surface area contributed by atoms with Crippen LogP contribution in [0.15, 0.2) is 18.2 Å². The first-order valence-corrected chi connectivity index (χ1v) is 3.41. The molecule has 0 amide bonds. The third-order valence-corrected chi connectivity index (χ3v) is 1.53. The van der Waals surface area contributed by atoms with Crippen molar-refractivity contribution in [2.75, 3.05) is 0 Å². The maximum absolute atomic E-state index is 10.5. The summed E-state index contributed by atoms with van der Waals surface area (Å²) in [4.78, 5) is 22.6. The molecule has 7 heteroatoms. The smallest absolute Gasteiger partial charge is 0.400 e. The number of benzene rings is 1. The van der Waals surface area contributed by atoms with Crippen LogP contribution in [0, 0.1) is 15.5 Å². The van der Waals surface area contributed by atoms with E-state index < -0.39 is 27.8 Å². The van der Waals surface area contributed by atoms with E-state index in [0.29, 0.717) is 0 Å². The molecule has 0 bridgehead atoms. The summed E-state index contributed by atoms with van der Waals surface area (Å²) < 4.78 is 0. The highest BCUT2D eigenvalue weighted by Crippen LogP contribution is 2.27. The highest BCUT2D eigenvalue weighted by atomic mass is 16.6. The number of nitro benzene ring substituents is 1. The van der Waals surface area contributed by atoms with Crippen LogP contribution in [0.5, 0.6) is 0 Å². The SMILES string of the molecule is N#[N+]c1cccc([N+](=O)[O-])c1C(=O)[O-]. The molecule has 7 nitrogen and oxygen atoms in total. The molecule has 0 fully saturated rings. The second-order valence-electron chi connectivity index (χ2n) is 2.32. The lowest BCUT2D eigenvalue weighted by atomic mass is 10.1. The number of carbonyl (C=O) groups is 1. The first-order chi connectivity index (χ1) is 6.57. The molecule has 70 valence electrons. The number of carboxylic acids is 1. The Labute approximate surface area is 77.4 Å². The third-order valence-electron chi connectivity index (χ3n) is 1.53. The van der Waals surface area contributed by atoms with E-state index in [-0.39, 0.29) is 0 Å². The maximum atomic E-state index is 10.5. The van der Waals surface area contributed by atoms with E-state index in [1.54, 1.807) is 0 Å². The number of hydrogen-bond donors (Lipinski definition) is 0. The molecule has 0 aliphatic heterocycles. The Kier molecular flexibility index (Phi) is 2.39. The molecule has 0 unspecified atom stereocenters. The van der Waals surface area contributed by atoms with Gasteiger partial charge in [0.15, 0.2) is 10.5 Å². The summed E-state index contributed by atoms with van der Waals surface area (Å²) in [6.45, 7) is 0. The minimum absolute atomic E-state index is 0.404. The predicted octanol–water partition coefficient (Wildman–Crippen LogP) is 0.443. The predicted molar refractivity (Wildman–Crippen MR) is 42.2 cm³/mol. The topological polar surface area (TPSA) is 111 Å². The van der Waals surface area contributed by atoms with Gasteiger partial charge in [0.25, 0.3) is 5.69 Å². The zero-order valence-corrected chi connectivity index (χ0v) is 6.71. The zero-order chi connectivity index (χ0) is 10.7. The van der Waals surface area contributed by atoms with E-state index in [9.17, 15) is 20.0 Å². The Morgan fingerprint density at radius 2 is 2.14 bits per heavy atom. The van der Waals surface area contributed by atoms with Gasteiger partial charge in [-0.05, 0) is 6.07 Å². The number of aromatic carboxylic acids is 1. The number of nitrogens with zero attached hydrogens (tertiary/aromatic N) is 3. The van der Waals surface area contributed by atoms with Crippen molar-refractivity contribution in [3.8, 4) is 0 Å². The molecule has 0 aromatic heterocycles. The van der Waals surface area contributed by atoms with E-state index in [1.165, 1.54) is 6.07 Å². The highest BCUT2D eigenvalue weighted by molar-refractivity contribution is 5.97. The molecule has 1 aromatic carbocycles. The normalized spacial score (nSPS) is 9.07. The molecule has 0 atom stereocenters. The number of diazo groups is 1. The zero-order valence-electron chi connectivity index (χ0n) is 6.71. The summed E-state index contributed by atoms with van der Waals surface area (Å²) in [5.41, 5.74) is -1.81. The van der Waals surface area contributed by atoms with Gasteiger partial charge in [-0.2, -0.15) is 0 Å². The number of carboxylic acid groups (broad SMARTS) is 1. The lowest BCUT2D eigenvalue weighted by Crippen LogP contribution is -2.23. The number of nitro groups is 1. The van der Waals surface area contributed by atoms with Crippen molar-refractivity contribution in [3.05, 3.63) is 38.9 Å². The molecule has 0 saturated heterocycles. The van der Waals surface area contributed by atoms with Gasteiger partial charge in [0.1, 0.15) is 0 Å². The van der Waals surface area contributed by atoms with Gasteiger partial charge in [0, 0.05) is 12.1 Å². The third kappa shape index (κ3) is 1.49. The van der Waals surface area contributed by atoms with Crippen molar-refractivity contribution in [2.45, 2.75) is 0 Å². The Balaban J connectivity index is 3.53. The van der Waals surface area contributed by atoms with Gasteiger partial charge in [-0.15, -0.1) is 0 Å². The Morgan fingerprint density at radius 3 is 2.57 bits per heavy atom. The van der Waals surface area contributed by atoms with Gasteiger partial charge >= 0.3 is 5.69 Å². The van der Waals surface area contributed by atoms with Gasteiger partial charge in [0.05, 0.1) is 10.9 Å². The van der Waals surface area contributed by atoms with E-state index in [1.807, 2.05) is 0 Å². The summed E-state index contributed by atoms with van der Waals surface area (Å²) in [5, 5.41) is 29.3. The number of rotatable bonds is 2. The fourth-order valence-corrected chi connectivity index (χ4v) is 0.973. The number of hydrogen-bond acceptors (Lipinski definition) is 5. The fraction of sp³-hybridized carbons (Fsp3) is 0. The summed E-state index contributed by atoms with van der Waals surface area (Å²) in [6.07, 6.45) is 0. The van der Waals surface area contributed by atoms with Crippen LogP contribution in [0.3, 0.4) is 0 Å². The average Bonchev–Trinajstić information content (AvgIpc) is 2.16. The van der Waals surface area contributed by atoms with Crippen LogP contribution in [0.2, 0.25) is 0 Å². The highest BCUT2D eigenvalue weighted by Gasteiger charge is 2.25. The number of carbonyl (C=O) groups excluding carboxylic acids is 1. The molecule has 0 aliphatic rings. The van der Waals surface area contributed by atoms with Crippen molar-refractivity contribution in [1.29, 1.82) is 5.39 Å². The quantitative estimate of drug-likeness (QED) is 0.384. The molecule has 1 aromatic rings. The van der Waals surface area contributed by atoms with Crippen molar-refractivity contribution in [2.24, 2.45) is 0 Å². The Morgan fingerprint density at radius 1 is 1.50 bits per heavy atom. The Bertz CT molecular complexity index is 449. The average molecular weight is 193 g/mol. The molecular formula is C7H3N3O4. The van der Waals surface area contributed by atoms with Crippen LogP contribution in [0.4, 0.5) is 11.4 Å². The lowest BCUT2D eigenvalue weighted by Gasteiger charge is -1.99. The van der Waals surface area contributed by atoms with Crippen molar-refractivity contribution < 1.29 is 14.8 Å². The molecule has 0 heterocycles. The van der Waals surface area contributed by atoms with Crippen LogP contribution >= 0.6 is 0 Å². The molecule has 0 saturated carbocycles. The van der Waals surface area contributed by atoms with E-state index in [0.717, 1.165) is 12.1 Å². The Hall–Kier alpha value is -2.49. The first-order valence-electron chi connectivity index (χ1n) is 3.41. The molecule has 1 rings (SSSR count). The van der Waals surface area contributed by atoms with Gasteiger partial charge in [-0.3, -0.25) is 10.1 Å². The van der Waals surface area contributed by atoms with E-state index in [4.69, 9.17) is 5.39 Å². The van der Waals surface area contributed by atoms with E-state index in [2.05, 4.69) is 4.98 Å². The van der Waals surface area contributed by atoms with Crippen LogP contribution in [0.25, 0.3) is 4.98 Å². The standard InChI is InChI=1S/C7H3N3O4/c8-9-4-2-1-3-5(10(13)14)6(4)7(11)12/h1-3H. The summed E-state index contributed by atoms with van der Waals surface area (Å²) in [6, 6.07) is 3.32. The monoisotopic (exact) mass is 193 g/mol. The van der Waals surface area contributed by atoms with Crippen LogP contribution in [-0.2, 0) is 0 Å². The minimum atomic E-state index is -1.76. The molecule has 0 radical (unpaired) electrons. The molecule has 0 spiro atoms. The van der Waals surface area contributed by atoms with Gasteiger partial charge in [-0.1, -0.05) is 0 Å². The summed E-state index contributed by atoms with van der Waals surface area (Å²) in [5.74, 6) is -1.76. The van der Waals surface area contributed by atoms with Crippen molar-refractivity contribution >= 4 is 17.3 Å². The maximum Gasteiger partial charge on any atom is 0.400 e. The van der Waals surface area contributed by atoms with Crippen LogP contribution in [-0.4, -0.2) is 10.9 Å². The second kappa shape index (κ2) is 3.49. The molecule has 0 aliphatic carbocycles. The second-order valence-corrected chi connectivity index (χ2v) is 2.32. The minimum Gasteiger partial charge on any atom is -0.544 e. The van der Waals surface area contributed by atoms with Crippen molar-refractivity contribution in [1.82, 2.24) is 0 Å². The fourth-order valence-electron chi connectivity index (χ4n) is 0.973. The van der Waals surface area contributed by atoms with Crippen molar-refractivity contribution in [3.63, 3.8) is 0 Å². The van der Waals surface area contributed by atoms with Gasteiger partial charge in [0.2, 0.25) is 5.39 Å². The molecule has 14 heavy (non-hydrogen) atoms. The molecular weight excluding hydrogens is 190 g/mol. The first kappa shape index (κ1) is 9.60. The van der Waals surface area contributed by atoms with Gasteiger partial charge in [-0.25, -0.2) is 0 Å². The van der Waals surface area contributed by atoms with Crippen LogP contribution in [0.1, 0.15) is 10.4 Å². The lowest BCUT2D eigenvalue weighted by molar-refractivity contribution is -0.385. The largest absolute Gasteiger partial charge is 0.544 e.